The van der Waals surface area contributed by atoms with E-state index in [9.17, 15) is 10.1 Å². The van der Waals surface area contributed by atoms with Gasteiger partial charge in [0.05, 0.1) is 4.92 Å². The van der Waals surface area contributed by atoms with Crippen molar-refractivity contribution in [3.63, 3.8) is 0 Å². The Morgan fingerprint density at radius 3 is 2.61 bits per heavy atom. The third kappa shape index (κ3) is 3.02. The van der Waals surface area contributed by atoms with E-state index >= 15 is 0 Å². The molecule has 98 valence electrons. The smallest absolute Gasteiger partial charge is 0.293 e. The normalized spacial score (nSPS) is 16.6. The van der Waals surface area contributed by atoms with Crippen LogP contribution < -0.4 is 5.32 Å². The Bertz CT molecular complexity index is 457. The number of aryl methyl sites for hydroxylation is 1. The SMILES string of the molecule is Cc1cc(NC2CCCCC2)c([N+](=O)[O-])cc1Br. The number of anilines is 1. The van der Waals surface area contributed by atoms with Gasteiger partial charge in [-0.3, -0.25) is 10.1 Å². The molecule has 0 atom stereocenters. The number of halogens is 1. The summed E-state index contributed by atoms with van der Waals surface area (Å²) in [6.45, 7) is 1.94. The van der Waals surface area contributed by atoms with Crippen LogP contribution in [0.15, 0.2) is 16.6 Å². The Morgan fingerprint density at radius 1 is 1.33 bits per heavy atom. The van der Waals surface area contributed by atoms with Crippen molar-refractivity contribution < 1.29 is 4.92 Å². The summed E-state index contributed by atoms with van der Waals surface area (Å²) in [5, 5.41) is 14.4. The first-order valence-electron chi connectivity index (χ1n) is 6.29. The third-order valence-electron chi connectivity index (χ3n) is 3.44. The predicted octanol–water partition coefficient (Wildman–Crippen LogP) is 4.41. The molecule has 1 aliphatic rings. The van der Waals surface area contributed by atoms with E-state index in [2.05, 4.69) is 21.2 Å². The molecular formula is C13H17BrN2O2. The summed E-state index contributed by atoms with van der Waals surface area (Å²) in [6.07, 6.45) is 5.90. The number of benzene rings is 1. The van der Waals surface area contributed by atoms with Crippen LogP contribution in [0.25, 0.3) is 0 Å². The van der Waals surface area contributed by atoms with E-state index in [1.807, 2.05) is 13.0 Å². The summed E-state index contributed by atoms with van der Waals surface area (Å²) in [5.74, 6) is 0. The number of hydrogen-bond acceptors (Lipinski definition) is 3. The van der Waals surface area contributed by atoms with E-state index < -0.39 is 0 Å². The fraction of sp³-hybridized carbons (Fsp3) is 0.538. The van der Waals surface area contributed by atoms with Gasteiger partial charge in [0.15, 0.2) is 0 Å². The number of hydrogen-bond donors (Lipinski definition) is 1. The fourth-order valence-electron chi connectivity index (χ4n) is 2.40. The summed E-state index contributed by atoms with van der Waals surface area (Å²) < 4.78 is 0.781. The van der Waals surface area contributed by atoms with Gasteiger partial charge in [-0.1, -0.05) is 35.2 Å². The Kier molecular flexibility index (Phi) is 4.22. The summed E-state index contributed by atoms with van der Waals surface area (Å²) in [4.78, 5) is 10.7. The standard InChI is InChI=1S/C13H17BrN2O2/c1-9-7-12(13(16(17)18)8-11(9)14)15-10-5-3-2-4-6-10/h7-8,10,15H,2-6H2,1H3. The van der Waals surface area contributed by atoms with Gasteiger partial charge in [0.2, 0.25) is 0 Å². The zero-order valence-corrected chi connectivity index (χ0v) is 12.0. The highest BCUT2D eigenvalue weighted by Crippen LogP contribution is 2.33. The maximum absolute atomic E-state index is 11.1. The van der Waals surface area contributed by atoms with Crippen molar-refractivity contribution in [2.75, 3.05) is 5.32 Å². The molecule has 1 fully saturated rings. The lowest BCUT2D eigenvalue weighted by Gasteiger charge is -2.24. The third-order valence-corrected chi connectivity index (χ3v) is 4.29. The largest absolute Gasteiger partial charge is 0.377 e. The number of nitro benzene ring substituents is 1. The van der Waals surface area contributed by atoms with Crippen LogP contribution in [-0.2, 0) is 0 Å². The average Bonchev–Trinajstić information content (AvgIpc) is 2.34. The molecule has 0 spiro atoms. The molecule has 0 aromatic heterocycles. The van der Waals surface area contributed by atoms with Crippen molar-refractivity contribution in [3.8, 4) is 0 Å². The van der Waals surface area contributed by atoms with Gasteiger partial charge in [0, 0.05) is 16.6 Å². The zero-order chi connectivity index (χ0) is 13.1. The van der Waals surface area contributed by atoms with Crippen LogP contribution in [0.2, 0.25) is 0 Å². The molecule has 18 heavy (non-hydrogen) atoms. The lowest BCUT2D eigenvalue weighted by molar-refractivity contribution is -0.384. The second-order valence-corrected chi connectivity index (χ2v) is 5.71. The minimum absolute atomic E-state index is 0.151. The van der Waals surface area contributed by atoms with Gasteiger partial charge in [-0.2, -0.15) is 0 Å². The molecule has 1 aromatic carbocycles. The minimum Gasteiger partial charge on any atom is -0.377 e. The predicted molar refractivity (Wildman–Crippen MR) is 76.0 cm³/mol. The summed E-state index contributed by atoms with van der Waals surface area (Å²) in [5.41, 5.74) is 1.81. The molecule has 5 heteroatoms. The molecule has 0 amide bonds. The van der Waals surface area contributed by atoms with Crippen molar-refractivity contribution in [1.29, 1.82) is 0 Å². The van der Waals surface area contributed by atoms with Crippen LogP contribution in [0, 0.1) is 17.0 Å². The van der Waals surface area contributed by atoms with Crippen molar-refractivity contribution in [3.05, 3.63) is 32.3 Å². The van der Waals surface area contributed by atoms with Gasteiger partial charge < -0.3 is 5.32 Å². The number of rotatable bonds is 3. The molecule has 0 heterocycles. The van der Waals surface area contributed by atoms with Crippen molar-refractivity contribution in [2.24, 2.45) is 0 Å². The van der Waals surface area contributed by atoms with Crippen LogP contribution in [0.5, 0.6) is 0 Å². The van der Waals surface area contributed by atoms with Gasteiger partial charge in [-0.05, 0) is 31.4 Å². The molecular weight excluding hydrogens is 296 g/mol. The number of nitro groups is 1. The summed E-state index contributed by atoms with van der Waals surface area (Å²) >= 11 is 3.34. The molecule has 1 N–H and O–H groups in total. The Morgan fingerprint density at radius 2 is 2.00 bits per heavy atom. The highest BCUT2D eigenvalue weighted by atomic mass is 79.9. The first-order chi connectivity index (χ1) is 8.58. The quantitative estimate of drug-likeness (QED) is 0.664. The summed E-state index contributed by atoms with van der Waals surface area (Å²) in [6, 6.07) is 3.81. The van der Waals surface area contributed by atoms with Crippen LogP contribution in [0.3, 0.4) is 0 Å². The molecule has 0 radical (unpaired) electrons. The second-order valence-electron chi connectivity index (χ2n) is 4.85. The van der Waals surface area contributed by atoms with E-state index in [1.54, 1.807) is 6.07 Å². The molecule has 0 saturated heterocycles. The topological polar surface area (TPSA) is 55.2 Å². The van der Waals surface area contributed by atoms with Crippen molar-refractivity contribution in [2.45, 2.75) is 45.1 Å². The van der Waals surface area contributed by atoms with Gasteiger partial charge in [-0.15, -0.1) is 0 Å². The molecule has 1 aromatic rings. The number of nitrogens with zero attached hydrogens (tertiary/aromatic N) is 1. The minimum atomic E-state index is -0.324. The molecule has 1 aliphatic carbocycles. The highest BCUT2D eigenvalue weighted by Gasteiger charge is 2.20. The lowest BCUT2D eigenvalue weighted by Crippen LogP contribution is -2.22. The molecule has 0 unspecified atom stereocenters. The van der Waals surface area contributed by atoms with E-state index in [1.165, 1.54) is 19.3 Å². The first kappa shape index (κ1) is 13.3. The Balaban J connectivity index is 2.24. The highest BCUT2D eigenvalue weighted by molar-refractivity contribution is 9.10. The Hall–Kier alpha value is -1.10. The van der Waals surface area contributed by atoms with Crippen LogP contribution in [0.4, 0.5) is 11.4 Å². The monoisotopic (exact) mass is 312 g/mol. The van der Waals surface area contributed by atoms with Crippen molar-refractivity contribution >= 4 is 27.3 Å². The van der Waals surface area contributed by atoms with Crippen LogP contribution >= 0.6 is 15.9 Å². The molecule has 0 aliphatic heterocycles. The average molecular weight is 313 g/mol. The lowest BCUT2D eigenvalue weighted by atomic mass is 9.95. The van der Waals surface area contributed by atoms with E-state index in [-0.39, 0.29) is 10.6 Å². The Labute approximate surface area is 115 Å². The molecule has 2 rings (SSSR count). The van der Waals surface area contributed by atoms with E-state index in [4.69, 9.17) is 0 Å². The second kappa shape index (κ2) is 5.69. The van der Waals surface area contributed by atoms with Gasteiger partial charge in [0.1, 0.15) is 5.69 Å². The maximum atomic E-state index is 11.1. The van der Waals surface area contributed by atoms with Crippen LogP contribution in [-0.4, -0.2) is 11.0 Å². The molecule has 4 nitrogen and oxygen atoms in total. The van der Waals surface area contributed by atoms with Gasteiger partial charge >= 0.3 is 0 Å². The maximum Gasteiger partial charge on any atom is 0.293 e. The van der Waals surface area contributed by atoms with Gasteiger partial charge in [-0.25, -0.2) is 0 Å². The zero-order valence-electron chi connectivity index (χ0n) is 10.4. The van der Waals surface area contributed by atoms with E-state index in [0.29, 0.717) is 11.7 Å². The fourth-order valence-corrected chi connectivity index (χ4v) is 2.74. The number of nitrogens with one attached hydrogen (secondary N) is 1. The van der Waals surface area contributed by atoms with E-state index in [0.717, 1.165) is 22.9 Å². The molecule has 0 bridgehead atoms. The molecule has 1 saturated carbocycles. The van der Waals surface area contributed by atoms with Crippen molar-refractivity contribution in [1.82, 2.24) is 0 Å². The summed E-state index contributed by atoms with van der Waals surface area (Å²) in [7, 11) is 0. The first-order valence-corrected chi connectivity index (χ1v) is 7.08. The van der Waals surface area contributed by atoms with Gasteiger partial charge in [0.25, 0.3) is 5.69 Å². The van der Waals surface area contributed by atoms with Crippen LogP contribution in [0.1, 0.15) is 37.7 Å².